The van der Waals surface area contributed by atoms with Crippen molar-refractivity contribution >= 4 is 5.91 Å². The minimum atomic E-state index is -0.209. The Hall–Kier alpha value is -0.610. The van der Waals surface area contributed by atoms with Crippen molar-refractivity contribution in [2.24, 2.45) is 5.73 Å². The molecule has 2 N–H and O–H groups in total. The van der Waals surface area contributed by atoms with E-state index >= 15 is 0 Å². The summed E-state index contributed by atoms with van der Waals surface area (Å²) < 4.78 is 5.61. The maximum atomic E-state index is 10.5. The van der Waals surface area contributed by atoms with Crippen LogP contribution in [0.4, 0.5) is 0 Å². The molecule has 0 bridgehead atoms. The average molecular weight is 200 g/mol. The summed E-state index contributed by atoms with van der Waals surface area (Å²) in [5, 5.41) is 0. The Morgan fingerprint density at radius 2 is 2.00 bits per heavy atom. The number of carbonyl (C=O) groups excluding carboxylic acids is 1. The molecule has 0 saturated carbocycles. The van der Waals surface area contributed by atoms with E-state index in [1.807, 2.05) is 0 Å². The van der Waals surface area contributed by atoms with Crippen molar-refractivity contribution in [2.75, 3.05) is 19.6 Å². The Morgan fingerprint density at radius 1 is 1.43 bits per heavy atom. The SMILES string of the molecule is CC1CN(CCCC(N)=O)CC(C)O1. The molecule has 1 aliphatic heterocycles. The van der Waals surface area contributed by atoms with Crippen molar-refractivity contribution in [3.63, 3.8) is 0 Å². The van der Waals surface area contributed by atoms with Crippen LogP contribution in [0.2, 0.25) is 0 Å². The van der Waals surface area contributed by atoms with Crippen molar-refractivity contribution < 1.29 is 9.53 Å². The summed E-state index contributed by atoms with van der Waals surface area (Å²) in [6.07, 6.45) is 1.94. The molecule has 0 aromatic heterocycles. The number of carbonyl (C=O) groups is 1. The summed E-state index contributed by atoms with van der Waals surface area (Å²) in [7, 11) is 0. The Bertz CT molecular complexity index is 187. The van der Waals surface area contributed by atoms with Gasteiger partial charge in [-0.05, 0) is 26.8 Å². The van der Waals surface area contributed by atoms with E-state index in [1.54, 1.807) is 0 Å². The molecule has 2 atom stereocenters. The van der Waals surface area contributed by atoms with Gasteiger partial charge >= 0.3 is 0 Å². The molecule has 1 rings (SSSR count). The van der Waals surface area contributed by atoms with Crippen LogP contribution in [-0.4, -0.2) is 42.6 Å². The lowest BCUT2D eigenvalue weighted by molar-refractivity contribution is -0.118. The summed E-state index contributed by atoms with van der Waals surface area (Å²) in [5.74, 6) is -0.209. The highest BCUT2D eigenvalue weighted by Gasteiger charge is 2.21. The molecule has 1 amide bonds. The monoisotopic (exact) mass is 200 g/mol. The van der Waals surface area contributed by atoms with Crippen molar-refractivity contribution in [1.29, 1.82) is 0 Å². The van der Waals surface area contributed by atoms with Gasteiger partial charge in [-0.1, -0.05) is 0 Å². The first-order chi connectivity index (χ1) is 6.58. The average Bonchev–Trinajstić information content (AvgIpc) is 2.01. The normalized spacial score (nSPS) is 29.0. The highest BCUT2D eigenvalue weighted by atomic mass is 16.5. The zero-order valence-electron chi connectivity index (χ0n) is 9.03. The maximum Gasteiger partial charge on any atom is 0.217 e. The first-order valence-corrected chi connectivity index (χ1v) is 5.24. The molecule has 82 valence electrons. The Morgan fingerprint density at radius 3 is 2.50 bits per heavy atom. The lowest BCUT2D eigenvalue weighted by Gasteiger charge is -2.35. The maximum absolute atomic E-state index is 10.5. The van der Waals surface area contributed by atoms with Gasteiger partial charge in [0.2, 0.25) is 5.91 Å². The molecule has 1 heterocycles. The number of nitrogens with zero attached hydrogens (tertiary/aromatic N) is 1. The van der Waals surface area contributed by atoms with Crippen LogP contribution >= 0.6 is 0 Å². The lowest BCUT2D eigenvalue weighted by atomic mass is 10.2. The van der Waals surface area contributed by atoms with E-state index in [9.17, 15) is 4.79 Å². The molecular weight excluding hydrogens is 180 g/mol. The first-order valence-electron chi connectivity index (χ1n) is 5.24. The van der Waals surface area contributed by atoms with Crippen LogP contribution in [0.1, 0.15) is 26.7 Å². The molecular formula is C10H20N2O2. The third kappa shape index (κ3) is 4.07. The second-order valence-electron chi connectivity index (χ2n) is 4.09. The molecule has 4 heteroatoms. The second-order valence-corrected chi connectivity index (χ2v) is 4.09. The van der Waals surface area contributed by atoms with Crippen LogP contribution in [-0.2, 0) is 9.53 Å². The predicted octanol–water partition coefficient (Wildman–Crippen LogP) is 0.361. The van der Waals surface area contributed by atoms with E-state index < -0.39 is 0 Å². The highest BCUT2D eigenvalue weighted by Crippen LogP contribution is 2.10. The van der Waals surface area contributed by atoms with Crippen LogP contribution < -0.4 is 5.73 Å². The molecule has 0 radical (unpaired) electrons. The number of rotatable bonds is 4. The van der Waals surface area contributed by atoms with Crippen LogP contribution in [0, 0.1) is 0 Å². The fourth-order valence-corrected chi connectivity index (χ4v) is 1.94. The quantitative estimate of drug-likeness (QED) is 0.713. The number of morpholine rings is 1. The van der Waals surface area contributed by atoms with Crippen LogP contribution in [0.3, 0.4) is 0 Å². The molecule has 1 aliphatic rings. The number of hydrogen-bond acceptors (Lipinski definition) is 3. The van der Waals surface area contributed by atoms with E-state index in [1.165, 1.54) is 0 Å². The van der Waals surface area contributed by atoms with Gasteiger partial charge in [-0.3, -0.25) is 9.69 Å². The topological polar surface area (TPSA) is 55.6 Å². The molecule has 1 fully saturated rings. The van der Waals surface area contributed by atoms with Crippen molar-refractivity contribution in [2.45, 2.75) is 38.9 Å². The Balaban J connectivity index is 2.20. The Labute approximate surface area is 85.4 Å². The number of nitrogens with two attached hydrogens (primary N) is 1. The molecule has 0 aromatic rings. The van der Waals surface area contributed by atoms with Crippen molar-refractivity contribution in [3.05, 3.63) is 0 Å². The van der Waals surface area contributed by atoms with Crippen LogP contribution in [0.15, 0.2) is 0 Å². The van der Waals surface area contributed by atoms with Gasteiger partial charge in [-0.2, -0.15) is 0 Å². The standard InChI is InChI=1S/C10H20N2O2/c1-8-6-12(7-9(2)14-8)5-3-4-10(11)13/h8-9H,3-7H2,1-2H3,(H2,11,13). The molecule has 2 unspecified atom stereocenters. The molecule has 0 aliphatic carbocycles. The van der Waals surface area contributed by atoms with E-state index in [4.69, 9.17) is 10.5 Å². The molecule has 0 aromatic carbocycles. The number of ether oxygens (including phenoxy) is 1. The third-order valence-electron chi connectivity index (χ3n) is 2.39. The number of hydrogen-bond donors (Lipinski definition) is 1. The second kappa shape index (κ2) is 5.32. The zero-order valence-corrected chi connectivity index (χ0v) is 9.03. The van der Waals surface area contributed by atoms with Gasteiger partial charge in [0.25, 0.3) is 0 Å². The highest BCUT2D eigenvalue weighted by molar-refractivity contribution is 5.73. The van der Waals surface area contributed by atoms with Crippen LogP contribution in [0.5, 0.6) is 0 Å². The fourth-order valence-electron chi connectivity index (χ4n) is 1.94. The fraction of sp³-hybridized carbons (Fsp3) is 0.900. The molecule has 1 saturated heterocycles. The van der Waals surface area contributed by atoms with Gasteiger partial charge in [-0.25, -0.2) is 0 Å². The smallest absolute Gasteiger partial charge is 0.217 e. The molecule has 14 heavy (non-hydrogen) atoms. The summed E-state index contributed by atoms with van der Waals surface area (Å²) in [5.41, 5.74) is 5.08. The molecule has 0 spiro atoms. The van der Waals surface area contributed by atoms with E-state index in [0.29, 0.717) is 18.6 Å². The summed E-state index contributed by atoms with van der Waals surface area (Å²) in [6.45, 7) is 7.03. The third-order valence-corrected chi connectivity index (χ3v) is 2.39. The Kier molecular flexibility index (Phi) is 4.35. The summed E-state index contributed by atoms with van der Waals surface area (Å²) >= 11 is 0. The van der Waals surface area contributed by atoms with E-state index in [-0.39, 0.29) is 5.91 Å². The van der Waals surface area contributed by atoms with E-state index in [0.717, 1.165) is 26.1 Å². The van der Waals surface area contributed by atoms with Crippen LogP contribution in [0.25, 0.3) is 0 Å². The summed E-state index contributed by atoms with van der Waals surface area (Å²) in [4.78, 5) is 12.9. The lowest BCUT2D eigenvalue weighted by Crippen LogP contribution is -2.45. The van der Waals surface area contributed by atoms with Gasteiger partial charge in [0.1, 0.15) is 0 Å². The predicted molar refractivity (Wildman–Crippen MR) is 54.9 cm³/mol. The largest absolute Gasteiger partial charge is 0.373 e. The minimum absolute atomic E-state index is 0.209. The van der Waals surface area contributed by atoms with E-state index in [2.05, 4.69) is 18.7 Å². The van der Waals surface area contributed by atoms with Crippen molar-refractivity contribution in [3.8, 4) is 0 Å². The van der Waals surface area contributed by atoms with Gasteiger partial charge in [0, 0.05) is 19.5 Å². The molecule has 4 nitrogen and oxygen atoms in total. The summed E-state index contributed by atoms with van der Waals surface area (Å²) in [6, 6.07) is 0. The van der Waals surface area contributed by atoms with Gasteiger partial charge < -0.3 is 10.5 Å². The van der Waals surface area contributed by atoms with Gasteiger partial charge in [-0.15, -0.1) is 0 Å². The number of primary amides is 1. The van der Waals surface area contributed by atoms with Crippen molar-refractivity contribution in [1.82, 2.24) is 4.90 Å². The number of amides is 1. The first kappa shape index (κ1) is 11.5. The minimum Gasteiger partial charge on any atom is -0.373 e. The van der Waals surface area contributed by atoms with Gasteiger partial charge in [0.05, 0.1) is 12.2 Å². The van der Waals surface area contributed by atoms with Gasteiger partial charge in [0.15, 0.2) is 0 Å². The zero-order chi connectivity index (χ0) is 10.6.